The van der Waals surface area contributed by atoms with Gasteiger partial charge in [-0.1, -0.05) is 6.07 Å². The number of hydrogen-bond donors (Lipinski definition) is 0. The molecule has 2 aliphatic heterocycles. The van der Waals surface area contributed by atoms with E-state index in [0.717, 1.165) is 4.31 Å². The molecule has 1 amide bonds. The fraction of sp³-hybridized carbons (Fsp3) is 0.500. The summed E-state index contributed by atoms with van der Waals surface area (Å²) in [6.07, 6.45) is 0. The Morgan fingerprint density at radius 1 is 1.09 bits per heavy atom. The van der Waals surface area contributed by atoms with Crippen molar-refractivity contribution in [1.82, 2.24) is 4.31 Å². The first-order valence-electron chi connectivity index (χ1n) is 7.00. The second-order valence-electron chi connectivity index (χ2n) is 6.62. The second-order valence-corrected chi connectivity index (χ2v) is 8.56. The molecule has 1 aromatic rings. The van der Waals surface area contributed by atoms with Gasteiger partial charge in [0, 0.05) is 7.05 Å². The summed E-state index contributed by atoms with van der Waals surface area (Å²) in [7, 11) is -3.09. The van der Waals surface area contributed by atoms with Gasteiger partial charge in [-0.25, -0.2) is 12.7 Å². The predicted molar refractivity (Wildman–Crippen MR) is 81.4 cm³/mol. The van der Waals surface area contributed by atoms with Crippen LogP contribution in [0.1, 0.15) is 38.1 Å². The van der Waals surface area contributed by atoms with Crippen LogP contribution in [0.15, 0.2) is 23.1 Å². The average molecular weight is 323 g/mol. The summed E-state index contributed by atoms with van der Waals surface area (Å²) >= 11 is 0. The molecular weight excluding hydrogens is 305 g/mol. The summed E-state index contributed by atoms with van der Waals surface area (Å²) < 4.78 is 36.8. The predicted octanol–water partition coefficient (Wildman–Crippen LogP) is 0.760. The minimum atomic E-state index is -3.72. The maximum Gasteiger partial charge on any atom is 0.494 e. The number of fused-ring (bicyclic) bond motifs is 1. The molecule has 1 fully saturated rings. The molecule has 0 bridgehead atoms. The Bertz CT molecular complexity index is 755. The highest BCUT2D eigenvalue weighted by Crippen LogP contribution is 2.37. The van der Waals surface area contributed by atoms with Gasteiger partial charge in [-0.3, -0.25) is 4.79 Å². The molecule has 22 heavy (non-hydrogen) atoms. The minimum absolute atomic E-state index is 0.0280. The largest absolute Gasteiger partial charge is 0.494 e. The van der Waals surface area contributed by atoms with Crippen LogP contribution in [-0.2, 0) is 19.3 Å². The lowest BCUT2D eigenvalue weighted by atomic mass is 9.78. The Morgan fingerprint density at radius 3 is 2.18 bits per heavy atom. The molecule has 0 unspecified atom stereocenters. The van der Waals surface area contributed by atoms with E-state index in [2.05, 4.69) is 0 Å². The Kier molecular flexibility index (Phi) is 3.06. The van der Waals surface area contributed by atoms with E-state index >= 15 is 0 Å². The van der Waals surface area contributed by atoms with Crippen molar-refractivity contribution in [3.05, 3.63) is 23.8 Å². The van der Waals surface area contributed by atoms with Crippen LogP contribution in [0.4, 0.5) is 0 Å². The lowest BCUT2D eigenvalue weighted by Gasteiger charge is -2.32. The number of hydrogen-bond acceptors (Lipinski definition) is 5. The summed E-state index contributed by atoms with van der Waals surface area (Å²) in [5.41, 5.74) is -0.196. The Morgan fingerprint density at radius 2 is 1.64 bits per heavy atom. The van der Waals surface area contributed by atoms with Crippen molar-refractivity contribution < 1.29 is 22.5 Å². The van der Waals surface area contributed by atoms with E-state index in [1.807, 2.05) is 27.7 Å². The molecule has 0 aliphatic carbocycles. The summed E-state index contributed by atoms with van der Waals surface area (Å²) in [5, 5.41) is 0. The molecule has 3 rings (SSSR count). The number of carbonyl (C=O) groups excluding carboxylic acids is 1. The standard InChI is InChI=1S/C14H18BNO5S/c1-13(2)14(3,4)21-15(20-13)9-6-7-11-10(8-9)12(17)16(5)22(11,18)19/h6-8H,1-5H3. The Balaban J connectivity index is 2.03. The number of carbonyl (C=O) groups is 1. The molecule has 6 nitrogen and oxygen atoms in total. The van der Waals surface area contributed by atoms with E-state index in [0.29, 0.717) is 5.46 Å². The SMILES string of the molecule is CN1C(=O)c2cc(B3OC(C)(C)C(C)(C)O3)ccc2S1(=O)=O. The minimum Gasteiger partial charge on any atom is -0.399 e. The maximum atomic E-state index is 12.1. The van der Waals surface area contributed by atoms with Crippen LogP contribution < -0.4 is 5.46 Å². The van der Waals surface area contributed by atoms with E-state index in [9.17, 15) is 13.2 Å². The monoisotopic (exact) mass is 323 g/mol. The molecule has 0 N–H and O–H groups in total. The Hall–Kier alpha value is -1.38. The van der Waals surface area contributed by atoms with Crippen molar-refractivity contribution in [2.24, 2.45) is 0 Å². The summed E-state index contributed by atoms with van der Waals surface area (Å²) in [5.74, 6) is -0.534. The first kappa shape index (κ1) is 15.5. The first-order chi connectivity index (χ1) is 9.97. The van der Waals surface area contributed by atoms with Crippen LogP contribution in [0, 0.1) is 0 Å². The highest BCUT2D eigenvalue weighted by atomic mass is 32.2. The van der Waals surface area contributed by atoms with Crippen molar-refractivity contribution in [3.8, 4) is 0 Å². The molecule has 1 aromatic carbocycles. The molecule has 1 saturated heterocycles. The van der Waals surface area contributed by atoms with E-state index < -0.39 is 34.3 Å². The zero-order valence-electron chi connectivity index (χ0n) is 13.2. The third-order valence-corrected chi connectivity index (χ3v) is 6.48. The van der Waals surface area contributed by atoms with E-state index in [4.69, 9.17) is 9.31 Å². The van der Waals surface area contributed by atoms with Crippen molar-refractivity contribution in [2.45, 2.75) is 43.8 Å². The van der Waals surface area contributed by atoms with Gasteiger partial charge in [0.25, 0.3) is 15.9 Å². The zero-order chi connectivity index (χ0) is 16.5. The average Bonchev–Trinajstić information content (AvgIpc) is 2.73. The van der Waals surface area contributed by atoms with Crippen LogP contribution in [0.25, 0.3) is 0 Å². The van der Waals surface area contributed by atoms with Gasteiger partial charge in [0.15, 0.2) is 0 Å². The molecule has 2 heterocycles. The van der Waals surface area contributed by atoms with Gasteiger partial charge in [0.05, 0.1) is 16.8 Å². The molecule has 2 aliphatic rings. The van der Waals surface area contributed by atoms with Gasteiger partial charge < -0.3 is 9.31 Å². The van der Waals surface area contributed by atoms with Gasteiger partial charge in [-0.15, -0.1) is 0 Å². The van der Waals surface area contributed by atoms with E-state index in [1.54, 1.807) is 12.1 Å². The number of amides is 1. The molecule has 0 saturated carbocycles. The first-order valence-corrected chi connectivity index (χ1v) is 8.44. The number of benzene rings is 1. The van der Waals surface area contributed by atoms with Crippen molar-refractivity contribution >= 4 is 28.5 Å². The summed E-state index contributed by atoms with van der Waals surface area (Å²) in [6, 6.07) is 4.61. The van der Waals surface area contributed by atoms with Crippen LogP contribution in [0.3, 0.4) is 0 Å². The normalized spacial score (nSPS) is 24.7. The van der Waals surface area contributed by atoms with Gasteiger partial charge in [-0.2, -0.15) is 0 Å². The summed E-state index contributed by atoms with van der Waals surface area (Å²) in [4.78, 5) is 12.1. The summed E-state index contributed by atoms with van der Waals surface area (Å²) in [6.45, 7) is 7.74. The number of sulfonamides is 1. The van der Waals surface area contributed by atoms with Crippen molar-refractivity contribution in [1.29, 1.82) is 0 Å². The maximum absolute atomic E-state index is 12.1. The van der Waals surface area contributed by atoms with Crippen LogP contribution >= 0.6 is 0 Å². The van der Waals surface area contributed by atoms with Gasteiger partial charge >= 0.3 is 7.12 Å². The van der Waals surface area contributed by atoms with Crippen LogP contribution in [-0.4, -0.2) is 44.0 Å². The van der Waals surface area contributed by atoms with Gasteiger partial charge in [0.1, 0.15) is 4.90 Å². The number of nitrogens with zero attached hydrogens (tertiary/aromatic N) is 1. The molecule has 0 atom stereocenters. The third kappa shape index (κ3) is 1.94. The van der Waals surface area contributed by atoms with Crippen molar-refractivity contribution in [2.75, 3.05) is 7.05 Å². The smallest absolute Gasteiger partial charge is 0.399 e. The van der Waals surface area contributed by atoms with Crippen LogP contribution in [0.5, 0.6) is 0 Å². The Labute approximate surface area is 130 Å². The highest BCUT2D eigenvalue weighted by molar-refractivity contribution is 7.90. The zero-order valence-corrected chi connectivity index (χ0v) is 14.0. The highest BCUT2D eigenvalue weighted by Gasteiger charge is 2.52. The fourth-order valence-electron chi connectivity index (χ4n) is 2.49. The lowest BCUT2D eigenvalue weighted by molar-refractivity contribution is 0.00578. The molecular formula is C14H18BNO5S. The van der Waals surface area contributed by atoms with E-state index in [1.165, 1.54) is 13.1 Å². The quantitative estimate of drug-likeness (QED) is 0.714. The topological polar surface area (TPSA) is 72.9 Å². The van der Waals surface area contributed by atoms with Crippen LogP contribution in [0.2, 0.25) is 0 Å². The molecule has 118 valence electrons. The molecule has 0 aromatic heterocycles. The second kappa shape index (κ2) is 4.34. The van der Waals surface area contributed by atoms with Gasteiger partial charge in [-0.05, 0) is 45.3 Å². The lowest BCUT2D eigenvalue weighted by Crippen LogP contribution is -2.41. The molecule has 0 spiro atoms. The van der Waals surface area contributed by atoms with E-state index in [-0.39, 0.29) is 10.5 Å². The number of rotatable bonds is 1. The molecule has 8 heteroatoms. The fourth-order valence-corrected chi connectivity index (χ4v) is 3.77. The molecule has 0 radical (unpaired) electrons. The third-order valence-electron chi connectivity index (χ3n) is 4.68. The van der Waals surface area contributed by atoms with Gasteiger partial charge in [0.2, 0.25) is 0 Å². The van der Waals surface area contributed by atoms with Crippen molar-refractivity contribution in [3.63, 3.8) is 0 Å².